The lowest BCUT2D eigenvalue weighted by Crippen LogP contribution is -2.52. The number of hydrogen-bond acceptors (Lipinski definition) is 3. The quantitative estimate of drug-likeness (QED) is 0.800. The van der Waals surface area contributed by atoms with Crippen LogP contribution in [-0.2, 0) is 12.7 Å². The van der Waals surface area contributed by atoms with Crippen LogP contribution in [0.5, 0.6) is 0 Å². The van der Waals surface area contributed by atoms with Crippen LogP contribution >= 0.6 is 0 Å². The fourth-order valence-electron chi connectivity index (χ4n) is 5.28. The van der Waals surface area contributed by atoms with Gasteiger partial charge in [0.15, 0.2) is 0 Å². The molecule has 0 bridgehead atoms. The minimum atomic E-state index is -4.37. The molecule has 1 spiro atoms. The number of piperidine rings is 1. The standard InChI is InChI=1S/C21H28F3N3O2/c22-21(23,24)17-14-16(4-5-18(17)25-9-1-2-10-25)15-27-11-3-6-20(27)7-12-26(13-8-20)19(28)29/h4-5,14H,1-3,6-13,15H2,(H,28,29). The van der Waals surface area contributed by atoms with Crippen LogP contribution in [0.1, 0.15) is 49.7 Å². The van der Waals surface area contributed by atoms with Crippen LogP contribution in [0.3, 0.4) is 0 Å². The average molecular weight is 411 g/mol. The number of amides is 1. The van der Waals surface area contributed by atoms with E-state index in [0.29, 0.717) is 44.0 Å². The fourth-order valence-corrected chi connectivity index (χ4v) is 5.28. The van der Waals surface area contributed by atoms with Crippen molar-refractivity contribution in [2.45, 2.75) is 56.8 Å². The van der Waals surface area contributed by atoms with Gasteiger partial charge in [0.2, 0.25) is 0 Å². The molecule has 160 valence electrons. The summed E-state index contributed by atoms with van der Waals surface area (Å²) in [4.78, 5) is 16.8. The second-order valence-electron chi connectivity index (χ2n) is 8.56. The molecular formula is C21H28F3N3O2. The van der Waals surface area contributed by atoms with Gasteiger partial charge in [0.1, 0.15) is 0 Å². The Labute approximate surface area is 169 Å². The summed E-state index contributed by atoms with van der Waals surface area (Å²) in [6.07, 6.45) is 0.0872. The summed E-state index contributed by atoms with van der Waals surface area (Å²) in [6.45, 7) is 3.68. The molecule has 1 aromatic carbocycles. The summed E-state index contributed by atoms with van der Waals surface area (Å²) in [7, 11) is 0. The fraction of sp³-hybridized carbons (Fsp3) is 0.667. The first kappa shape index (κ1) is 20.3. The highest BCUT2D eigenvalue weighted by molar-refractivity contribution is 5.65. The summed E-state index contributed by atoms with van der Waals surface area (Å²) in [6, 6.07) is 4.80. The molecule has 0 atom stereocenters. The minimum absolute atomic E-state index is 0.0853. The Morgan fingerprint density at radius 3 is 2.31 bits per heavy atom. The molecule has 0 unspecified atom stereocenters. The van der Waals surface area contributed by atoms with Crippen molar-refractivity contribution in [2.75, 3.05) is 37.6 Å². The highest BCUT2D eigenvalue weighted by Crippen LogP contribution is 2.41. The predicted molar refractivity (Wildman–Crippen MR) is 104 cm³/mol. The zero-order valence-electron chi connectivity index (χ0n) is 16.5. The van der Waals surface area contributed by atoms with E-state index >= 15 is 0 Å². The summed E-state index contributed by atoms with van der Waals surface area (Å²) in [5.41, 5.74) is 0.357. The topological polar surface area (TPSA) is 47.0 Å². The number of carbonyl (C=O) groups is 1. The van der Waals surface area contributed by atoms with E-state index in [1.165, 1.54) is 11.0 Å². The van der Waals surface area contributed by atoms with E-state index in [1.807, 2.05) is 11.0 Å². The summed E-state index contributed by atoms with van der Waals surface area (Å²) < 4.78 is 41.3. The van der Waals surface area contributed by atoms with Crippen LogP contribution < -0.4 is 4.90 Å². The van der Waals surface area contributed by atoms with Crippen molar-refractivity contribution >= 4 is 11.8 Å². The van der Waals surface area contributed by atoms with E-state index in [2.05, 4.69) is 4.90 Å². The Hall–Kier alpha value is -1.96. The predicted octanol–water partition coefficient (Wildman–Crippen LogP) is 4.41. The number of likely N-dealkylation sites (tertiary alicyclic amines) is 2. The van der Waals surface area contributed by atoms with E-state index in [4.69, 9.17) is 0 Å². The van der Waals surface area contributed by atoms with Crippen molar-refractivity contribution in [1.82, 2.24) is 9.80 Å². The number of rotatable bonds is 3. The van der Waals surface area contributed by atoms with Gasteiger partial charge in [0.05, 0.1) is 5.56 Å². The molecule has 0 saturated carbocycles. The molecule has 5 nitrogen and oxygen atoms in total. The largest absolute Gasteiger partial charge is 0.465 e. The summed E-state index contributed by atoms with van der Waals surface area (Å²) >= 11 is 0. The number of carboxylic acid groups (broad SMARTS) is 1. The van der Waals surface area contributed by atoms with Gasteiger partial charge < -0.3 is 14.9 Å². The van der Waals surface area contributed by atoms with E-state index in [-0.39, 0.29) is 5.54 Å². The molecule has 1 N–H and O–H groups in total. The third kappa shape index (κ3) is 4.04. The second-order valence-corrected chi connectivity index (χ2v) is 8.56. The van der Waals surface area contributed by atoms with Crippen LogP contribution in [0, 0.1) is 0 Å². The van der Waals surface area contributed by atoms with Gasteiger partial charge in [-0.2, -0.15) is 13.2 Å². The van der Waals surface area contributed by atoms with Crippen molar-refractivity contribution in [3.63, 3.8) is 0 Å². The molecular weight excluding hydrogens is 383 g/mol. The molecule has 1 amide bonds. The molecule has 0 radical (unpaired) electrons. The Kier molecular flexibility index (Phi) is 5.40. The first-order chi connectivity index (χ1) is 13.8. The minimum Gasteiger partial charge on any atom is -0.465 e. The molecule has 3 heterocycles. The number of anilines is 1. The van der Waals surface area contributed by atoms with Crippen molar-refractivity contribution in [3.8, 4) is 0 Å². The van der Waals surface area contributed by atoms with Crippen LogP contribution in [0.4, 0.5) is 23.7 Å². The lowest BCUT2D eigenvalue weighted by Gasteiger charge is -2.44. The second kappa shape index (κ2) is 7.70. The number of benzene rings is 1. The summed E-state index contributed by atoms with van der Waals surface area (Å²) in [5.74, 6) is 0. The smallest absolute Gasteiger partial charge is 0.418 e. The van der Waals surface area contributed by atoms with Gasteiger partial charge in [-0.05, 0) is 62.8 Å². The molecule has 3 saturated heterocycles. The number of halogens is 3. The maximum atomic E-state index is 13.8. The zero-order valence-corrected chi connectivity index (χ0v) is 16.5. The van der Waals surface area contributed by atoms with Gasteiger partial charge in [0.25, 0.3) is 0 Å². The van der Waals surface area contributed by atoms with E-state index in [9.17, 15) is 23.1 Å². The Morgan fingerprint density at radius 2 is 1.69 bits per heavy atom. The lowest BCUT2D eigenvalue weighted by atomic mass is 9.85. The first-order valence-corrected chi connectivity index (χ1v) is 10.5. The van der Waals surface area contributed by atoms with Crippen molar-refractivity contribution in [1.29, 1.82) is 0 Å². The molecule has 0 aromatic heterocycles. The van der Waals surface area contributed by atoms with Crippen LogP contribution in [0.2, 0.25) is 0 Å². The van der Waals surface area contributed by atoms with Crippen molar-refractivity contribution in [3.05, 3.63) is 29.3 Å². The highest BCUT2D eigenvalue weighted by atomic mass is 19.4. The third-order valence-corrected chi connectivity index (χ3v) is 6.89. The Morgan fingerprint density at radius 1 is 1.00 bits per heavy atom. The number of alkyl halides is 3. The molecule has 4 rings (SSSR count). The molecule has 3 fully saturated rings. The monoisotopic (exact) mass is 411 g/mol. The molecule has 8 heteroatoms. The number of nitrogens with zero attached hydrogens (tertiary/aromatic N) is 3. The normalized spacial score (nSPS) is 22.6. The van der Waals surface area contributed by atoms with Gasteiger partial charge in [-0.15, -0.1) is 0 Å². The Balaban J connectivity index is 1.53. The van der Waals surface area contributed by atoms with Gasteiger partial charge in [-0.3, -0.25) is 4.90 Å². The van der Waals surface area contributed by atoms with Crippen molar-refractivity contribution < 1.29 is 23.1 Å². The molecule has 3 aliphatic rings. The SMILES string of the molecule is O=C(O)N1CCC2(CCCN2Cc2ccc(N3CCCC3)c(C(F)(F)F)c2)CC1. The maximum Gasteiger partial charge on any atom is 0.418 e. The Bertz CT molecular complexity index is 754. The molecule has 0 aliphatic carbocycles. The van der Waals surface area contributed by atoms with Crippen molar-refractivity contribution in [2.24, 2.45) is 0 Å². The van der Waals surface area contributed by atoms with E-state index in [0.717, 1.165) is 45.1 Å². The van der Waals surface area contributed by atoms with Crippen LogP contribution in [0.15, 0.2) is 18.2 Å². The van der Waals surface area contributed by atoms with Gasteiger partial charge in [0, 0.05) is 44.0 Å². The average Bonchev–Trinajstić information content (AvgIpc) is 3.33. The van der Waals surface area contributed by atoms with Gasteiger partial charge >= 0.3 is 12.3 Å². The summed E-state index contributed by atoms with van der Waals surface area (Å²) in [5, 5.41) is 9.20. The van der Waals surface area contributed by atoms with E-state index in [1.54, 1.807) is 6.07 Å². The van der Waals surface area contributed by atoms with Gasteiger partial charge in [-0.25, -0.2) is 4.79 Å². The number of hydrogen-bond donors (Lipinski definition) is 1. The van der Waals surface area contributed by atoms with E-state index < -0.39 is 17.8 Å². The third-order valence-electron chi connectivity index (χ3n) is 6.89. The first-order valence-electron chi connectivity index (χ1n) is 10.5. The van der Waals surface area contributed by atoms with Crippen LogP contribution in [-0.4, -0.2) is 59.3 Å². The molecule has 29 heavy (non-hydrogen) atoms. The zero-order chi connectivity index (χ0) is 20.6. The lowest BCUT2D eigenvalue weighted by molar-refractivity contribution is -0.137. The van der Waals surface area contributed by atoms with Crippen LogP contribution in [0.25, 0.3) is 0 Å². The highest BCUT2D eigenvalue weighted by Gasteiger charge is 2.44. The molecule has 1 aromatic rings. The maximum absolute atomic E-state index is 13.8. The molecule has 3 aliphatic heterocycles. The van der Waals surface area contributed by atoms with Gasteiger partial charge in [-0.1, -0.05) is 6.07 Å².